The number of cyclic esters (lactones) is 1. The van der Waals surface area contributed by atoms with Crippen molar-refractivity contribution < 1.29 is 68.3 Å². The van der Waals surface area contributed by atoms with E-state index in [1.807, 2.05) is 0 Å². The van der Waals surface area contributed by atoms with Gasteiger partial charge in [0.15, 0.2) is 12.6 Å². The van der Waals surface area contributed by atoms with E-state index in [9.17, 15) is 35.1 Å². The minimum absolute atomic E-state index is 0.0137. The molecule has 0 radical (unpaired) electrons. The molecular formula is C38H58O14. The first-order valence-electron chi connectivity index (χ1n) is 19.2. The van der Waals surface area contributed by atoms with Gasteiger partial charge in [0.2, 0.25) is 0 Å². The molecule has 2 saturated heterocycles. The molecule has 0 aromatic rings. The molecule has 0 aromatic heterocycles. The van der Waals surface area contributed by atoms with Gasteiger partial charge in [-0.1, -0.05) is 13.8 Å². The minimum Gasteiger partial charge on any atom is -0.458 e. The van der Waals surface area contributed by atoms with Crippen molar-refractivity contribution in [3.63, 3.8) is 0 Å². The molecule has 0 bridgehead atoms. The molecule has 7 aliphatic rings. The van der Waals surface area contributed by atoms with E-state index in [-0.39, 0.29) is 40.7 Å². The number of fused-ring (bicyclic) bond motifs is 5. The molecule has 0 amide bonds. The summed E-state index contributed by atoms with van der Waals surface area (Å²) in [5, 5.41) is 52.0. The van der Waals surface area contributed by atoms with E-state index in [1.165, 1.54) is 14.0 Å². The second-order valence-corrected chi connectivity index (χ2v) is 17.1. The predicted octanol–water partition coefficient (Wildman–Crippen LogP) is 1.51. The van der Waals surface area contributed by atoms with Crippen LogP contribution in [-0.4, -0.2) is 131 Å². The van der Waals surface area contributed by atoms with Crippen LogP contribution >= 0.6 is 0 Å². The molecule has 3 aliphatic heterocycles. The summed E-state index contributed by atoms with van der Waals surface area (Å²) in [4.78, 5) is 24.8. The molecule has 3 heterocycles. The normalized spacial score (nSPS) is 51.8. The quantitative estimate of drug-likeness (QED) is 0.177. The fourth-order valence-corrected chi connectivity index (χ4v) is 12.0. The third kappa shape index (κ3) is 6.17. The summed E-state index contributed by atoms with van der Waals surface area (Å²) in [5.41, 5.74) is 0.164. The third-order valence-corrected chi connectivity index (χ3v) is 14.7. The van der Waals surface area contributed by atoms with Gasteiger partial charge in [0.1, 0.15) is 54.9 Å². The van der Waals surface area contributed by atoms with Gasteiger partial charge in [-0.15, -0.1) is 0 Å². The first kappa shape index (κ1) is 38.6. The number of aliphatic hydroxyl groups is 5. The minimum atomic E-state index is -1.61. The van der Waals surface area contributed by atoms with Gasteiger partial charge in [-0.25, -0.2) is 4.79 Å². The lowest BCUT2D eigenvalue weighted by Crippen LogP contribution is -2.65. The highest BCUT2D eigenvalue weighted by molar-refractivity contribution is 5.85. The maximum atomic E-state index is 12.8. The van der Waals surface area contributed by atoms with E-state index in [4.69, 9.17) is 33.2 Å². The number of ether oxygens (including phenoxy) is 7. The van der Waals surface area contributed by atoms with Crippen LogP contribution in [0.4, 0.5) is 0 Å². The fourth-order valence-electron chi connectivity index (χ4n) is 12.0. The third-order valence-electron chi connectivity index (χ3n) is 14.7. The summed E-state index contributed by atoms with van der Waals surface area (Å²) in [6.45, 7) is 7.66. The number of carbonyl (C=O) groups is 2. The van der Waals surface area contributed by atoms with Crippen LogP contribution in [0, 0.1) is 34.5 Å². The van der Waals surface area contributed by atoms with Gasteiger partial charge >= 0.3 is 11.9 Å². The van der Waals surface area contributed by atoms with Gasteiger partial charge in [0.05, 0.1) is 18.8 Å². The summed E-state index contributed by atoms with van der Waals surface area (Å²) in [7, 11) is 1.43. The highest BCUT2D eigenvalue weighted by Gasteiger charge is 2.70. The first-order chi connectivity index (χ1) is 24.7. The number of esters is 2. The van der Waals surface area contributed by atoms with Gasteiger partial charge in [-0.05, 0) is 93.5 Å². The summed E-state index contributed by atoms with van der Waals surface area (Å²) < 4.78 is 41.8. The number of hydrogen-bond donors (Lipinski definition) is 5. The molecule has 0 aromatic carbocycles. The van der Waals surface area contributed by atoms with Gasteiger partial charge in [0, 0.05) is 31.4 Å². The summed E-state index contributed by atoms with van der Waals surface area (Å²) >= 11 is 0. The average molecular weight is 739 g/mol. The van der Waals surface area contributed by atoms with Gasteiger partial charge in [-0.3, -0.25) is 4.79 Å². The maximum Gasteiger partial charge on any atom is 0.331 e. The molecule has 5 N–H and O–H groups in total. The van der Waals surface area contributed by atoms with Crippen molar-refractivity contribution in [1.82, 2.24) is 0 Å². The highest BCUT2D eigenvalue weighted by Crippen LogP contribution is 2.71. The van der Waals surface area contributed by atoms with Crippen molar-refractivity contribution in [3.05, 3.63) is 11.6 Å². The van der Waals surface area contributed by atoms with Crippen molar-refractivity contribution in [3.8, 4) is 0 Å². The molecule has 4 saturated carbocycles. The maximum absolute atomic E-state index is 12.8. The largest absolute Gasteiger partial charge is 0.458 e. The summed E-state index contributed by atoms with van der Waals surface area (Å²) in [6.07, 6.45) is -2.63. The van der Waals surface area contributed by atoms with Crippen LogP contribution in [0.3, 0.4) is 0 Å². The number of aliphatic hydroxyl groups excluding tert-OH is 5. The van der Waals surface area contributed by atoms with Crippen LogP contribution < -0.4 is 0 Å². The average Bonchev–Trinajstić information content (AvgIpc) is 3.66. The SMILES string of the molecule is COC1C(O)C(OC2CCC3(C)C(CCC4C3CCC3(C)C(C5=CC(=O)OC5)CCC43OC(C)=O)C2)OC(C)C1OC1OC(CO)C(O)C(O)C1O. The standard InChI is InChI=1S/C38H58O14/c1-18-32(51-34-30(44)29(43)28(42)26(16-39)50-34)33(46-5)31(45)35(48-18)49-22-8-11-36(3)21(15-22)6-7-25-24(36)9-12-37(4)23(20-14-27(41)47-17-20)10-13-38(25,37)52-19(2)40/h14,18,21-26,28-35,39,42-45H,6-13,15-17H2,1-5H3. The molecule has 14 heteroatoms. The Bertz CT molecular complexity index is 1370. The van der Waals surface area contributed by atoms with Gasteiger partial charge in [0.25, 0.3) is 0 Å². The van der Waals surface area contributed by atoms with E-state index >= 15 is 0 Å². The van der Waals surface area contributed by atoms with Crippen LogP contribution in [0.5, 0.6) is 0 Å². The van der Waals surface area contributed by atoms with Crippen molar-refractivity contribution in [2.75, 3.05) is 20.3 Å². The Hall–Kier alpha value is -1.72. The molecule has 0 spiro atoms. The van der Waals surface area contributed by atoms with Crippen LogP contribution in [-0.2, 0) is 42.7 Å². The van der Waals surface area contributed by atoms with E-state index in [2.05, 4.69) is 13.8 Å². The van der Waals surface area contributed by atoms with E-state index in [0.717, 1.165) is 63.4 Å². The lowest BCUT2D eigenvalue weighted by Gasteiger charge is -2.64. The Morgan fingerprint density at radius 3 is 2.31 bits per heavy atom. The van der Waals surface area contributed by atoms with Crippen molar-refractivity contribution >= 4 is 11.9 Å². The Morgan fingerprint density at radius 1 is 0.885 bits per heavy atom. The van der Waals surface area contributed by atoms with Crippen molar-refractivity contribution in [1.29, 1.82) is 0 Å². The van der Waals surface area contributed by atoms with Crippen LogP contribution in [0.1, 0.15) is 85.5 Å². The van der Waals surface area contributed by atoms with Crippen molar-refractivity contribution in [2.24, 2.45) is 34.5 Å². The van der Waals surface area contributed by atoms with Gasteiger partial charge in [-0.2, -0.15) is 0 Å². The second-order valence-electron chi connectivity index (χ2n) is 17.1. The smallest absolute Gasteiger partial charge is 0.331 e. The van der Waals surface area contributed by atoms with E-state index in [0.29, 0.717) is 18.4 Å². The molecule has 18 atom stereocenters. The Morgan fingerprint density at radius 2 is 1.63 bits per heavy atom. The predicted molar refractivity (Wildman–Crippen MR) is 180 cm³/mol. The van der Waals surface area contributed by atoms with Crippen LogP contribution in [0.2, 0.25) is 0 Å². The topological polar surface area (TPSA) is 200 Å². The van der Waals surface area contributed by atoms with Gasteiger partial charge < -0.3 is 58.7 Å². The molecule has 14 nitrogen and oxygen atoms in total. The Labute approximate surface area is 305 Å². The molecule has 18 unspecified atom stereocenters. The Kier molecular flexibility index (Phi) is 10.7. The fraction of sp³-hybridized carbons (Fsp3) is 0.895. The first-order valence-corrected chi connectivity index (χ1v) is 19.2. The molecular weight excluding hydrogens is 680 g/mol. The Balaban J connectivity index is 1.02. The monoisotopic (exact) mass is 738 g/mol. The zero-order chi connectivity index (χ0) is 37.3. The number of rotatable bonds is 8. The summed E-state index contributed by atoms with van der Waals surface area (Å²) in [5.74, 6) is 0.541. The molecule has 6 fully saturated rings. The number of hydrogen-bond acceptors (Lipinski definition) is 14. The zero-order valence-electron chi connectivity index (χ0n) is 30.9. The summed E-state index contributed by atoms with van der Waals surface area (Å²) in [6, 6.07) is 0. The lowest BCUT2D eigenvalue weighted by molar-refractivity contribution is -0.362. The van der Waals surface area contributed by atoms with E-state index in [1.54, 1.807) is 13.0 Å². The van der Waals surface area contributed by atoms with Crippen LogP contribution in [0.25, 0.3) is 0 Å². The van der Waals surface area contributed by atoms with Crippen LogP contribution in [0.15, 0.2) is 11.6 Å². The molecule has 52 heavy (non-hydrogen) atoms. The lowest BCUT2D eigenvalue weighted by atomic mass is 9.43. The highest BCUT2D eigenvalue weighted by atomic mass is 16.7. The van der Waals surface area contributed by atoms with Crippen molar-refractivity contribution in [2.45, 2.75) is 159 Å². The molecule has 7 rings (SSSR count). The number of methoxy groups -OCH3 is 1. The molecule has 4 aliphatic carbocycles. The molecule has 294 valence electrons. The second kappa shape index (κ2) is 14.4. The van der Waals surface area contributed by atoms with E-state index < -0.39 is 73.6 Å². The number of carbonyl (C=O) groups excluding carboxylic acids is 2. The zero-order valence-corrected chi connectivity index (χ0v) is 30.9.